The highest BCUT2D eigenvalue weighted by Gasteiger charge is 2.31. The lowest BCUT2D eigenvalue weighted by atomic mass is 10.2. The van der Waals surface area contributed by atoms with E-state index in [4.69, 9.17) is 0 Å². The summed E-state index contributed by atoms with van der Waals surface area (Å²) in [4.78, 5) is 26.6. The molecular formula is C10H19N3O2. The Hall–Kier alpha value is -1.10. The SMILES string of the molecule is CNC(=O)C(=O)N1CCC[C@@H]1CN(C)C. The van der Waals surface area contributed by atoms with Gasteiger partial charge >= 0.3 is 11.8 Å². The predicted molar refractivity (Wildman–Crippen MR) is 57.4 cm³/mol. The van der Waals surface area contributed by atoms with E-state index >= 15 is 0 Å². The van der Waals surface area contributed by atoms with Crippen molar-refractivity contribution in [2.45, 2.75) is 18.9 Å². The fraction of sp³-hybridized carbons (Fsp3) is 0.800. The largest absolute Gasteiger partial charge is 0.351 e. The van der Waals surface area contributed by atoms with E-state index in [9.17, 15) is 9.59 Å². The van der Waals surface area contributed by atoms with Crippen molar-refractivity contribution >= 4 is 11.8 Å². The highest BCUT2D eigenvalue weighted by molar-refractivity contribution is 6.35. The van der Waals surface area contributed by atoms with Gasteiger partial charge in [0.15, 0.2) is 0 Å². The summed E-state index contributed by atoms with van der Waals surface area (Å²) in [6, 6.07) is 0.185. The first-order valence-corrected chi connectivity index (χ1v) is 5.23. The second kappa shape index (κ2) is 5.11. The van der Waals surface area contributed by atoms with Crippen molar-refractivity contribution in [2.24, 2.45) is 0 Å². The predicted octanol–water partition coefficient (Wildman–Crippen LogP) is -0.715. The fourth-order valence-corrected chi connectivity index (χ4v) is 1.95. The Labute approximate surface area is 90.4 Å². The topological polar surface area (TPSA) is 52.7 Å². The number of nitrogens with one attached hydrogen (secondary N) is 1. The molecule has 0 bridgehead atoms. The molecule has 5 nitrogen and oxygen atoms in total. The number of hydrogen-bond donors (Lipinski definition) is 1. The molecule has 1 fully saturated rings. The van der Waals surface area contributed by atoms with Gasteiger partial charge in [-0.15, -0.1) is 0 Å². The van der Waals surface area contributed by atoms with Crippen LogP contribution in [-0.2, 0) is 9.59 Å². The van der Waals surface area contributed by atoms with Gasteiger partial charge < -0.3 is 15.1 Å². The summed E-state index contributed by atoms with van der Waals surface area (Å²) in [6.45, 7) is 1.52. The molecule has 15 heavy (non-hydrogen) atoms. The van der Waals surface area contributed by atoms with E-state index in [0.717, 1.165) is 19.4 Å². The van der Waals surface area contributed by atoms with Gasteiger partial charge in [-0.2, -0.15) is 0 Å². The van der Waals surface area contributed by atoms with Crippen molar-refractivity contribution in [3.05, 3.63) is 0 Å². The molecule has 1 rings (SSSR count). The van der Waals surface area contributed by atoms with Crippen molar-refractivity contribution in [1.29, 1.82) is 0 Å². The van der Waals surface area contributed by atoms with Gasteiger partial charge in [0.05, 0.1) is 0 Å². The van der Waals surface area contributed by atoms with E-state index in [1.54, 1.807) is 4.90 Å². The number of hydrogen-bond acceptors (Lipinski definition) is 3. The summed E-state index contributed by atoms with van der Waals surface area (Å²) in [7, 11) is 5.43. The molecule has 86 valence electrons. The lowest BCUT2D eigenvalue weighted by Gasteiger charge is -2.26. The standard InChI is InChI=1S/C10H19N3O2/c1-11-9(14)10(15)13-6-4-5-8(13)7-12(2)3/h8H,4-7H2,1-3H3,(H,11,14)/t8-/m1/s1. The second-order valence-corrected chi connectivity index (χ2v) is 4.14. The number of nitrogens with zero attached hydrogens (tertiary/aromatic N) is 2. The van der Waals surface area contributed by atoms with E-state index in [1.165, 1.54) is 7.05 Å². The molecule has 0 aromatic heterocycles. The smallest absolute Gasteiger partial charge is 0.312 e. The monoisotopic (exact) mass is 213 g/mol. The summed E-state index contributed by atoms with van der Waals surface area (Å²) < 4.78 is 0. The van der Waals surface area contributed by atoms with Crippen LogP contribution in [0, 0.1) is 0 Å². The van der Waals surface area contributed by atoms with Crippen LogP contribution in [0.5, 0.6) is 0 Å². The second-order valence-electron chi connectivity index (χ2n) is 4.14. The first-order chi connectivity index (χ1) is 7.06. The molecule has 2 amide bonds. The molecule has 1 N–H and O–H groups in total. The summed E-state index contributed by atoms with van der Waals surface area (Å²) in [5.41, 5.74) is 0. The molecule has 0 aliphatic carbocycles. The first kappa shape index (κ1) is 12.0. The maximum Gasteiger partial charge on any atom is 0.312 e. The third kappa shape index (κ3) is 2.92. The van der Waals surface area contributed by atoms with Crippen molar-refractivity contribution in [2.75, 3.05) is 34.2 Å². The van der Waals surface area contributed by atoms with Gasteiger partial charge in [-0.1, -0.05) is 0 Å². The summed E-state index contributed by atoms with van der Waals surface area (Å²) in [6.07, 6.45) is 1.97. The van der Waals surface area contributed by atoms with Crippen LogP contribution in [0.1, 0.15) is 12.8 Å². The lowest BCUT2D eigenvalue weighted by Crippen LogP contribution is -2.47. The number of likely N-dealkylation sites (tertiary alicyclic amines) is 1. The highest BCUT2D eigenvalue weighted by atomic mass is 16.2. The van der Waals surface area contributed by atoms with Gasteiger partial charge in [0.1, 0.15) is 0 Å². The Bertz CT molecular complexity index is 253. The minimum Gasteiger partial charge on any atom is -0.351 e. The number of carbonyl (C=O) groups is 2. The van der Waals surface area contributed by atoms with E-state index in [2.05, 4.69) is 5.32 Å². The number of likely N-dealkylation sites (N-methyl/N-ethyl adjacent to an activating group) is 2. The van der Waals surface area contributed by atoms with Crippen LogP contribution in [0.4, 0.5) is 0 Å². The molecule has 0 radical (unpaired) electrons. The van der Waals surface area contributed by atoms with Crippen molar-refractivity contribution in [1.82, 2.24) is 15.1 Å². The van der Waals surface area contributed by atoms with Gasteiger partial charge in [-0.3, -0.25) is 9.59 Å². The van der Waals surface area contributed by atoms with Crippen LogP contribution < -0.4 is 5.32 Å². The van der Waals surface area contributed by atoms with Gasteiger partial charge in [0.25, 0.3) is 0 Å². The lowest BCUT2D eigenvalue weighted by molar-refractivity contribution is -0.146. The third-order valence-electron chi connectivity index (χ3n) is 2.64. The average Bonchev–Trinajstić information content (AvgIpc) is 2.62. The Morgan fingerprint density at radius 1 is 1.47 bits per heavy atom. The Kier molecular flexibility index (Phi) is 4.08. The number of carbonyl (C=O) groups excluding carboxylic acids is 2. The van der Waals surface area contributed by atoms with E-state index < -0.39 is 11.8 Å². The van der Waals surface area contributed by atoms with Crippen LogP contribution in [0.15, 0.2) is 0 Å². The van der Waals surface area contributed by atoms with E-state index in [0.29, 0.717) is 6.54 Å². The molecule has 0 spiro atoms. The molecular weight excluding hydrogens is 194 g/mol. The van der Waals surface area contributed by atoms with E-state index in [1.807, 2.05) is 19.0 Å². The summed E-state index contributed by atoms with van der Waals surface area (Å²) in [5, 5.41) is 2.37. The van der Waals surface area contributed by atoms with Crippen molar-refractivity contribution < 1.29 is 9.59 Å². The minimum atomic E-state index is -0.513. The molecule has 0 saturated carbocycles. The quantitative estimate of drug-likeness (QED) is 0.616. The normalized spacial score (nSPS) is 20.8. The minimum absolute atomic E-state index is 0.185. The summed E-state index contributed by atoms with van der Waals surface area (Å²) >= 11 is 0. The van der Waals surface area contributed by atoms with Crippen LogP contribution in [0.25, 0.3) is 0 Å². The fourth-order valence-electron chi connectivity index (χ4n) is 1.95. The molecule has 1 aliphatic rings. The van der Waals surface area contributed by atoms with E-state index in [-0.39, 0.29) is 6.04 Å². The molecule has 5 heteroatoms. The molecule has 1 atom stereocenters. The number of amides is 2. The van der Waals surface area contributed by atoms with Gasteiger partial charge in [-0.25, -0.2) is 0 Å². The Balaban J connectivity index is 2.59. The van der Waals surface area contributed by atoms with Crippen LogP contribution >= 0.6 is 0 Å². The molecule has 1 heterocycles. The maximum absolute atomic E-state index is 11.7. The molecule has 1 aliphatic heterocycles. The zero-order valence-electron chi connectivity index (χ0n) is 9.62. The maximum atomic E-state index is 11.7. The average molecular weight is 213 g/mol. The van der Waals surface area contributed by atoms with Gasteiger partial charge in [0, 0.05) is 26.2 Å². The van der Waals surface area contributed by atoms with Gasteiger partial charge in [0.2, 0.25) is 0 Å². The molecule has 0 unspecified atom stereocenters. The van der Waals surface area contributed by atoms with Crippen LogP contribution in [-0.4, -0.2) is 61.9 Å². The highest BCUT2D eigenvalue weighted by Crippen LogP contribution is 2.17. The summed E-state index contributed by atoms with van der Waals surface area (Å²) in [5.74, 6) is -0.914. The molecule has 0 aromatic carbocycles. The molecule has 1 saturated heterocycles. The Morgan fingerprint density at radius 3 is 2.67 bits per heavy atom. The zero-order chi connectivity index (χ0) is 11.4. The van der Waals surface area contributed by atoms with Crippen molar-refractivity contribution in [3.8, 4) is 0 Å². The Morgan fingerprint density at radius 2 is 2.13 bits per heavy atom. The van der Waals surface area contributed by atoms with Gasteiger partial charge in [-0.05, 0) is 26.9 Å². The van der Waals surface area contributed by atoms with Crippen LogP contribution in [0.3, 0.4) is 0 Å². The third-order valence-corrected chi connectivity index (χ3v) is 2.64. The molecule has 0 aromatic rings. The van der Waals surface area contributed by atoms with Crippen molar-refractivity contribution in [3.63, 3.8) is 0 Å². The van der Waals surface area contributed by atoms with Crippen LogP contribution in [0.2, 0.25) is 0 Å². The number of rotatable bonds is 2. The first-order valence-electron chi connectivity index (χ1n) is 5.23. The zero-order valence-corrected chi connectivity index (χ0v) is 9.62.